The normalized spacial score (nSPS) is 11.0. The van der Waals surface area contributed by atoms with Crippen LogP contribution in [0.3, 0.4) is 0 Å². The molecule has 2 N–H and O–H groups in total. The summed E-state index contributed by atoms with van der Waals surface area (Å²) in [6, 6.07) is 17.9. The van der Waals surface area contributed by atoms with E-state index in [4.69, 9.17) is 5.73 Å². The Balaban J connectivity index is 1.89. The Morgan fingerprint density at radius 1 is 0.810 bits per heavy atom. The van der Waals surface area contributed by atoms with Crippen LogP contribution in [0.1, 0.15) is 0 Å². The Labute approximate surface area is 121 Å². The second kappa shape index (κ2) is 4.52. The molecule has 0 radical (unpaired) electrons. The Bertz CT molecular complexity index is 963. The molecule has 3 heterocycles. The minimum atomic E-state index is 0.478. The summed E-state index contributed by atoms with van der Waals surface area (Å²) in [7, 11) is 0. The third-order valence-electron chi connectivity index (χ3n) is 3.46. The van der Waals surface area contributed by atoms with Gasteiger partial charge in [0.05, 0.1) is 11.2 Å². The second-order valence-electron chi connectivity index (χ2n) is 4.90. The number of benzene rings is 1. The molecule has 0 bridgehead atoms. The molecule has 0 aliphatic rings. The molecule has 100 valence electrons. The number of para-hydroxylation sites is 1. The summed E-state index contributed by atoms with van der Waals surface area (Å²) in [5, 5.41) is 2.08. The fourth-order valence-corrected chi connectivity index (χ4v) is 2.39. The molecule has 0 spiro atoms. The molecular weight excluding hydrogens is 260 g/mol. The molecule has 0 saturated carbocycles. The van der Waals surface area contributed by atoms with Crippen LogP contribution in [0, 0.1) is 0 Å². The van der Waals surface area contributed by atoms with Crippen molar-refractivity contribution in [3.63, 3.8) is 0 Å². The molecule has 0 aliphatic heterocycles. The maximum absolute atomic E-state index is 5.67. The van der Waals surface area contributed by atoms with Gasteiger partial charge in [-0.2, -0.15) is 0 Å². The van der Waals surface area contributed by atoms with Crippen LogP contribution >= 0.6 is 0 Å². The predicted molar refractivity (Wildman–Crippen MR) is 84.7 cm³/mol. The average Bonchev–Trinajstić information content (AvgIpc) is 2.54. The van der Waals surface area contributed by atoms with Gasteiger partial charge in [-0.3, -0.25) is 0 Å². The van der Waals surface area contributed by atoms with Crippen LogP contribution in [-0.4, -0.2) is 15.0 Å². The molecule has 4 aromatic rings. The summed E-state index contributed by atoms with van der Waals surface area (Å²) < 4.78 is 0. The van der Waals surface area contributed by atoms with Gasteiger partial charge in [0.2, 0.25) is 0 Å². The lowest BCUT2D eigenvalue weighted by atomic mass is 10.1. The Kier molecular flexibility index (Phi) is 2.54. The van der Waals surface area contributed by atoms with Crippen molar-refractivity contribution in [2.24, 2.45) is 0 Å². The zero-order valence-electron chi connectivity index (χ0n) is 11.2. The molecule has 4 heteroatoms. The molecule has 1 aromatic carbocycles. The van der Waals surface area contributed by atoms with E-state index in [-0.39, 0.29) is 0 Å². The quantitative estimate of drug-likeness (QED) is 0.576. The molecule has 0 unspecified atom stereocenters. The number of aromatic nitrogens is 3. The Morgan fingerprint density at radius 3 is 2.62 bits per heavy atom. The van der Waals surface area contributed by atoms with Gasteiger partial charge >= 0.3 is 0 Å². The van der Waals surface area contributed by atoms with Crippen LogP contribution in [0.15, 0.2) is 60.8 Å². The van der Waals surface area contributed by atoms with Crippen molar-refractivity contribution in [2.75, 3.05) is 5.73 Å². The highest BCUT2D eigenvalue weighted by atomic mass is 14.9. The van der Waals surface area contributed by atoms with Gasteiger partial charge in [-0.15, -0.1) is 0 Å². The van der Waals surface area contributed by atoms with Gasteiger partial charge in [0, 0.05) is 22.5 Å². The number of rotatable bonds is 1. The van der Waals surface area contributed by atoms with E-state index in [1.165, 1.54) is 0 Å². The van der Waals surface area contributed by atoms with E-state index in [9.17, 15) is 0 Å². The number of hydrogen-bond acceptors (Lipinski definition) is 4. The molecule has 4 rings (SSSR count). The zero-order chi connectivity index (χ0) is 14.2. The first kappa shape index (κ1) is 11.8. The topological polar surface area (TPSA) is 64.7 Å². The van der Waals surface area contributed by atoms with Gasteiger partial charge in [-0.25, -0.2) is 15.0 Å². The standard InChI is InChI=1S/C17H12N4/c18-16-8-6-12-9-13(10-19-17(12)21-16)15-7-5-11-3-1-2-4-14(11)20-15/h1-10H,(H2,18,19,21). The summed E-state index contributed by atoms with van der Waals surface area (Å²) in [6.45, 7) is 0. The number of fused-ring (bicyclic) bond motifs is 2. The number of pyridine rings is 3. The minimum Gasteiger partial charge on any atom is -0.384 e. The van der Waals surface area contributed by atoms with Crippen molar-refractivity contribution >= 4 is 27.8 Å². The fraction of sp³-hybridized carbons (Fsp3) is 0. The highest BCUT2D eigenvalue weighted by Crippen LogP contribution is 2.23. The van der Waals surface area contributed by atoms with Crippen LogP contribution < -0.4 is 5.73 Å². The van der Waals surface area contributed by atoms with Crippen LogP contribution in [0.25, 0.3) is 33.2 Å². The first-order valence-electron chi connectivity index (χ1n) is 6.68. The lowest BCUT2D eigenvalue weighted by Crippen LogP contribution is -1.93. The smallest absolute Gasteiger partial charge is 0.161 e. The maximum atomic E-state index is 5.67. The van der Waals surface area contributed by atoms with Gasteiger partial charge < -0.3 is 5.73 Å². The summed E-state index contributed by atoms with van der Waals surface area (Å²) in [4.78, 5) is 13.3. The molecule has 0 amide bonds. The van der Waals surface area contributed by atoms with Crippen LogP contribution in [0.4, 0.5) is 5.82 Å². The van der Waals surface area contributed by atoms with Gasteiger partial charge in [-0.05, 0) is 30.3 Å². The van der Waals surface area contributed by atoms with E-state index < -0.39 is 0 Å². The summed E-state index contributed by atoms with van der Waals surface area (Å²) in [6.07, 6.45) is 1.78. The van der Waals surface area contributed by atoms with E-state index in [2.05, 4.69) is 27.1 Å². The lowest BCUT2D eigenvalue weighted by molar-refractivity contribution is 1.28. The van der Waals surface area contributed by atoms with Gasteiger partial charge in [0.15, 0.2) is 5.65 Å². The molecule has 0 saturated heterocycles. The van der Waals surface area contributed by atoms with Crippen molar-refractivity contribution in [2.45, 2.75) is 0 Å². The van der Waals surface area contributed by atoms with Gasteiger partial charge in [-0.1, -0.05) is 24.3 Å². The van der Waals surface area contributed by atoms with Crippen molar-refractivity contribution in [1.82, 2.24) is 15.0 Å². The molecule has 0 atom stereocenters. The van der Waals surface area contributed by atoms with Crippen molar-refractivity contribution < 1.29 is 0 Å². The number of hydrogen-bond donors (Lipinski definition) is 1. The monoisotopic (exact) mass is 272 g/mol. The third-order valence-corrected chi connectivity index (χ3v) is 3.46. The second-order valence-corrected chi connectivity index (χ2v) is 4.90. The summed E-state index contributed by atoms with van der Waals surface area (Å²) >= 11 is 0. The van der Waals surface area contributed by atoms with Crippen molar-refractivity contribution in [1.29, 1.82) is 0 Å². The first-order chi connectivity index (χ1) is 10.3. The number of anilines is 1. The molecule has 3 aromatic heterocycles. The van der Waals surface area contributed by atoms with E-state index in [1.807, 2.05) is 36.4 Å². The van der Waals surface area contributed by atoms with Gasteiger partial charge in [0.1, 0.15) is 5.82 Å². The van der Waals surface area contributed by atoms with Crippen molar-refractivity contribution in [3.8, 4) is 11.3 Å². The summed E-state index contributed by atoms with van der Waals surface area (Å²) in [5.74, 6) is 0.478. The summed E-state index contributed by atoms with van der Waals surface area (Å²) in [5.41, 5.74) is 9.18. The highest BCUT2D eigenvalue weighted by molar-refractivity contribution is 5.84. The minimum absolute atomic E-state index is 0.478. The van der Waals surface area contributed by atoms with Crippen molar-refractivity contribution in [3.05, 3.63) is 60.8 Å². The zero-order valence-corrected chi connectivity index (χ0v) is 11.2. The van der Waals surface area contributed by atoms with Crippen LogP contribution in [0.5, 0.6) is 0 Å². The molecule has 21 heavy (non-hydrogen) atoms. The SMILES string of the molecule is Nc1ccc2cc(-c3ccc4ccccc4n3)cnc2n1. The van der Waals surface area contributed by atoms with E-state index in [0.717, 1.165) is 27.5 Å². The molecule has 4 nitrogen and oxygen atoms in total. The van der Waals surface area contributed by atoms with Crippen LogP contribution in [0.2, 0.25) is 0 Å². The number of nitrogens with two attached hydrogens (primary N) is 1. The number of nitrogens with zero attached hydrogens (tertiary/aromatic N) is 3. The Hall–Kier alpha value is -3.01. The van der Waals surface area contributed by atoms with E-state index in [1.54, 1.807) is 12.3 Å². The Morgan fingerprint density at radius 2 is 1.67 bits per heavy atom. The lowest BCUT2D eigenvalue weighted by Gasteiger charge is -2.04. The fourth-order valence-electron chi connectivity index (χ4n) is 2.39. The molecule has 0 aliphatic carbocycles. The first-order valence-corrected chi connectivity index (χ1v) is 6.68. The largest absolute Gasteiger partial charge is 0.384 e. The van der Waals surface area contributed by atoms with E-state index in [0.29, 0.717) is 11.5 Å². The molecular formula is C17H12N4. The maximum Gasteiger partial charge on any atom is 0.161 e. The average molecular weight is 272 g/mol. The van der Waals surface area contributed by atoms with E-state index >= 15 is 0 Å². The number of nitrogen functional groups attached to an aromatic ring is 1. The predicted octanol–water partition coefficient (Wildman–Crippen LogP) is 3.43. The van der Waals surface area contributed by atoms with Crippen LogP contribution in [-0.2, 0) is 0 Å². The third kappa shape index (κ3) is 2.07. The van der Waals surface area contributed by atoms with Gasteiger partial charge in [0.25, 0.3) is 0 Å². The molecule has 0 fully saturated rings. The highest BCUT2D eigenvalue weighted by Gasteiger charge is 2.04.